The molecule has 0 aliphatic heterocycles. The molecule has 6 heteroatoms. The van der Waals surface area contributed by atoms with Gasteiger partial charge in [0.2, 0.25) is 10.0 Å². The van der Waals surface area contributed by atoms with Crippen molar-refractivity contribution in [3.63, 3.8) is 0 Å². The van der Waals surface area contributed by atoms with Gasteiger partial charge in [-0.2, -0.15) is 0 Å². The predicted molar refractivity (Wildman–Crippen MR) is 83.3 cm³/mol. The van der Waals surface area contributed by atoms with E-state index < -0.39 is 10.0 Å². The first-order valence-electron chi connectivity index (χ1n) is 6.42. The van der Waals surface area contributed by atoms with Crippen LogP contribution in [0.4, 0.5) is 0 Å². The number of hydrogen-bond acceptors (Lipinski definition) is 3. The Morgan fingerprint density at radius 1 is 1.14 bits per heavy atom. The van der Waals surface area contributed by atoms with E-state index in [4.69, 9.17) is 16.3 Å². The summed E-state index contributed by atoms with van der Waals surface area (Å²) in [6.45, 7) is 2.32. The Hall–Kier alpha value is -1.56. The minimum atomic E-state index is -3.50. The largest absolute Gasteiger partial charge is 0.492 e. The van der Waals surface area contributed by atoms with E-state index in [2.05, 4.69) is 4.72 Å². The van der Waals surface area contributed by atoms with Gasteiger partial charge < -0.3 is 4.74 Å². The second kappa shape index (κ2) is 6.93. The SMILES string of the molecule is Cc1ccc(S(=O)(=O)NCCOc2cccc(Cl)c2)cc1. The fraction of sp³-hybridized carbons (Fsp3) is 0.200. The number of ether oxygens (including phenoxy) is 1. The smallest absolute Gasteiger partial charge is 0.240 e. The number of nitrogens with one attached hydrogen (secondary N) is 1. The van der Waals surface area contributed by atoms with Crippen molar-refractivity contribution in [1.29, 1.82) is 0 Å². The van der Waals surface area contributed by atoms with E-state index >= 15 is 0 Å². The topological polar surface area (TPSA) is 55.4 Å². The fourth-order valence-corrected chi connectivity index (χ4v) is 2.90. The van der Waals surface area contributed by atoms with Crippen molar-refractivity contribution in [3.8, 4) is 5.75 Å². The van der Waals surface area contributed by atoms with Crippen LogP contribution in [0, 0.1) is 6.92 Å². The van der Waals surface area contributed by atoms with Crippen LogP contribution in [0.15, 0.2) is 53.4 Å². The summed E-state index contributed by atoms with van der Waals surface area (Å²) >= 11 is 5.83. The summed E-state index contributed by atoms with van der Waals surface area (Å²) in [5.74, 6) is 0.608. The van der Waals surface area contributed by atoms with Crippen LogP contribution in [-0.4, -0.2) is 21.6 Å². The van der Waals surface area contributed by atoms with E-state index in [0.717, 1.165) is 5.56 Å². The summed E-state index contributed by atoms with van der Waals surface area (Å²) in [5.41, 5.74) is 1.01. The summed E-state index contributed by atoms with van der Waals surface area (Å²) < 4.78 is 32.0. The molecule has 0 fully saturated rings. The third-order valence-corrected chi connectivity index (χ3v) is 4.50. The Labute approximate surface area is 129 Å². The zero-order valence-corrected chi connectivity index (χ0v) is 13.1. The monoisotopic (exact) mass is 325 g/mol. The van der Waals surface area contributed by atoms with E-state index in [0.29, 0.717) is 10.8 Å². The second-order valence-corrected chi connectivity index (χ2v) is 6.72. The molecule has 0 unspecified atom stereocenters. The third-order valence-electron chi connectivity index (χ3n) is 2.79. The van der Waals surface area contributed by atoms with Crippen molar-refractivity contribution in [2.24, 2.45) is 0 Å². The van der Waals surface area contributed by atoms with Gasteiger partial charge in [-0.1, -0.05) is 35.4 Å². The number of halogens is 1. The maximum absolute atomic E-state index is 12.0. The summed E-state index contributed by atoms with van der Waals surface area (Å²) in [6, 6.07) is 13.6. The summed E-state index contributed by atoms with van der Waals surface area (Å²) in [6.07, 6.45) is 0. The molecule has 0 spiro atoms. The van der Waals surface area contributed by atoms with Crippen molar-refractivity contribution in [2.75, 3.05) is 13.2 Å². The Bertz CT molecular complexity index is 699. The van der Waals surface area contributed by atoms with Crippen LogP contribution in [0.3, 0.4) is 0 Å². The minimum Gasteiger partial charge on any atom is -0.492 e. The van der Waals surface area contributed by atoms with Gasteiger partial charge >= 0.3 is 0 Å². The molecule has 0 heterocycles. The molecule has 0 bridgehead atoms. The van der Waals surface area contributed by atoms with Gasteiger partial charge in [-0.05, 0) is 37.3 Å². The molecule has 4 nitrogen and oxygen atoms in total. The Kier molecular flexibility index (Phi) is 5.22. The summed E-state index contributed by atoms with van der Waals surface area (Å²) in [7, 11) is -3.50. The van der Waals surface area contributed by atoms with Crippen molar-refractivity contribution in [3.05, 3.63) is 59.1 Å². The van der Waals surface area contributed by atoms with E-state index in [1.807, 2.05) is 6.92 Å². The maximum Gasteiger partial charge on any atom is 0.240 e. The molecule has 0 aromatic heterocycles. The lowest BCUT2D eigenvalue weighted by Crippen LogP contribution is -2.28. The van der Waals surface area contributed by atoms with Crippen LogP contribution >= 0.6 is 11.6 Å². The van der Waals surface area contributed by atoms with Crippen molar-refractivity contribution in [2.45, 2.75) is 11.8 Å². The van der Waals surface area contributed by atoms with E-state index in [1.54, 1.807) is 48.5 Å². The predicted octanol–water partition coefficient (Wildman–Crippen LogP) is 3.01. The number of hydrogen-bond donors (Lipinski definition) is 1. The normalized spacial score (nSPS) is 11.3. The van der Waals surface area contributed by atoms with Gasteiger partial charge in [0.15, 0.2) is 0 Å². The molecule has 21 heavy (non-hydrogen) atoms. The lowest BCUT2D eigenvalue weighted by Gasteiger charge is -2.09. The number of rotatable bonds is 6. The van der Waals surface area contributed by atoms with Gasteiger partial charge in [0.05, 0.1) is 4.90 Å². The molecule has 2 rings (SSSR count). The molecular weight excluding hydrogens is 310 g/mol. The average Bonchev–Trinajstić information content (AvgIpc) is 2.44. The van der Waals surface area contributed by atoms with Crippen LogP contribution in [0.5, 0.6) is 5.75 Å². The van der Waals surface area contributed by atoms with Crippen LogP contribution < -0.4 is 9.46 Å². The first-order chi connectivity index (χ1) is 9.97. The molecule has 0 atom stereocenters. The molecule has 0 aliphatic carbocycles. The highest BCUT2D eigenvalue weighted by Crippen LogP contribution is 2.16. The Balaban J connectivity index is 1.86. The average molecular weight is 326 g/mol. The van der Waals surface area contributed by atoms with Gasteiger partial charge in [0.1, 0.15) is 12.4 Å². The maximum atomic E-state index is 12.0. The quantitative estimate of drug-likeness (QED) is 0.831. The number of sulfonamides is 1. The molecule has 0 saturated heterocycles. The first-order valence-corrected chi connectivity index (χ1v) is 8.28. The summed E-state index contributed by atoms with van der Waals surface area (Å²) in [5, 5.41) is 0.577. The lowest BCUT2D eigenvalue weighted by atomic mass is 10.2. The van der Waals surface area contributed by atoms with Gasteiger partial charge in [0.25, 0.3) is 0 Å². The standard InChI is InChI=1S/C15H16ClNO3S/c1-12-5-7-15(8-6-12)21(18,19)17-9-10-20-14-4-2-3-13(16)11-14/h2-8,11,17H,9-10H2,1H3. The van der Waals surface area contributed by atoms with Gasteiger partial charge in [-0.15, -0.1) is 0 Å². The molecule has 2 aromatic rings. The van der Waals surface area contributed by atoms with Crippen LogP contribution in [-0.2, 0) is 10.0 Å². The van der Waals surface area contributed by atoms with Crippen molar-refractivity contribution in [1.82, 2.24) is 4.72 Å². The van der Waals surface area contributed by atoms with E-state index in [-0.39, 0.29) is 18.0 Å². The van der Waals surface area contributed by atoms with E-state index in [1.165, 1.54) is 0 Å². The molecule has 0 amide bonds. The molecule has 0 saturated carbocycles. The molecule has 1 N–H and O–H groups in total. The highest BCUT2D eigenvalue weighted by Gasteiger charge is 2.12. The number of aryl methyl sites for hydroxylation is 1. The van der Waals surface area contributed by atoms with Crippen molar-refractivity contribution >= 4 is 21.6 Å². The summed E-state index contributed by atoms with van der Waals surface area (Å²) in [4.78, 5) is 0.246. The van der Waals surface area contributed by atoms with Crippen LogP contribution in [0.25, 0.3) is 0 Å². The highest BCUT2D eigenvalue weighted by molar-refractivity contribution is 7.89. The molecule has 2 aromatic carbocycles. The zero-order valence-electron chi connectivity index (χ0n) is 11.5. The third kappa shape index (κ3) is 4.74. The van der Waals surface area contributed by atoms with Crippen LogP contribution in [0.1, 0.15) is 5.56 Å². The molecule has 112 valence electrons. The lowest BCUT2D eigenvalue weighted by molar-refractivity contribution is 0.323. The highest BCUT2D eigenvalue weighted by atomic mass is 35.5. The molecular formula is C15H16ClNO3S. The fourth-order valence-electron chi connectivity index (χ4n) is 1.70. The Morgan fingerprint density at radius 2 is 1.86 bits per heavy atom. The molecule has 0 aliphatic rings. The van der Waals surface area contributed by atoms with Gasteiger partial charge in [0, 0.05) is 11.6 Å². The van der Waals surface area contributed by atoms with Gasteiger partial charge in [-0.3, -0.25) is 0 Å². The minimum absolute atomic E-state index is 0.183. The molecule has 0 radical (unpaired) electrons. The van der Waals surface area contributed by atoms with Crippen molar-refractivity contribution < 1.29 is 13.2 Å². The number of benzene rings is 2. The Morgan fingerprint density at radius 3 is 2.52 bits per heavy atom. The van der Waals surface area contributed by atoms with Crippen LogP contribution in [0.2, 0.25) is 5.02 Å². The first kappa shape index (κ1) is 15.8. The van der Waals surface area contributed by atoms with E-state index in [9.17, 15) is 8.42 Å². The second-order valence-electron chi connectivity index (χ2n) is 4.52. The van der Waals surface area contributed by atoms with Gasteiger partial charge in [-0.25, -0.2) is 13.1 Å². The zero-order chi connectivity index (χ0) is 15.3.